The van der Waals surface area contributed by atoms with Crippen LogP contribution in [0.25, 0.3) is 0 Å². The summed E-state index contributed by atoms with van der Waals surface area (Å²) in [7, 11) is 0. The maximum Gasteiger partial charge on any atom is 0.410 e. The molecule has 0 spiro atoms. The molecule has 0 bridgehead atoms. The quantitative estimate of drug-likeness (QED) is 0.668. The molecule has 3 saturated heterocycles. The van der Waals surface area contributed by atoms with Crippen molar-refractivity contribution in [3.63, 3.8) is 0 Å². The van der Waals surface area contributed by atoms with E-state index in [2.05, 4.69) is 35.0 Å². The number of piperazine rings is 1. The summed E-state index contributed by atoms with van der Waals surface area (Å²) in [5.74, 6) is 0.400. The van der Waals surface area contributed by atoms with E-state index in [-0.39, 0.29) is 23.5 Å². The number of halogens is 1. The lowest BCUT2D eigenvalue weighted by atomic mass is 9.82. The van der Waals surface area contributed by atoms with Gasteiger partial charge in [0.1, 0.15) is 11.4 Å². The summed E-state index contributed by atoms with van der Waals surface area (Å²) in [4.78, 5) is 19.7. The first-order valence-corrected chi connectivity index (χ1v) is 13.5. The molecule has 2 atom stereocenters. The van der Waals surface area contributed by atoms with Crippen LogP contribution in [-0.2, 0) is 4.74 Å². The first kappa shape index (κ1) is 26.4. The van der Waals surface area contributed by atoms with Crippen LogP contribution >= 0.6 is 0 Å². The maximum absolute atomic E-state index is 14.2. The Morgan fingerprint density at radius 3 is 2.43 bits per heavy atom. The second-order valence-electron chi connectivity index (χ2n) is 12.1. The average molecular weight is 489 g/mol. The van der Waals surface area contributed by atoms with Gasteiger partial charge in [-0.3, -0.25) is 9.80 Å². The Bertz CT molecular complexity index is 859. The van der Waals surface area contributed by atoms with E-state index in [0.717, 1.165) is 77.1 Å². The molecule has 7 heteroatoms. The number of hydrogen-bond acceptors (Lipinski definition) is 5. The Morgan fingerprint density at radius 2 is 1.83 bits per heavy atom. The number of likely N-dealkylation sites (tertiary alicyclic amines) is 1. The van der Waals surface area contributed by atoms with Crippen molar-refractivity contribution in [3.8, 4) is 0 Å². The average Bonchev–Trinajstić information content (AvgIpc) is 2.80. The lowest BCUT2D eigenvalue weighted by molar-refractivity contribution is -0.0462. The topological polar surface area (TPSA) is 48.1 Å². The number of piperidine rings is 2. The summed E-state index contributed by atoms with van der Waals surface area (Å²) in [6, 6.07) is 7.91. The zero-order valence-corrected chi connectivity index (χ0v) is 22.4. The third-order valence-corrected chi connectivity index (χ3v) is 8.31. The van der Waals surface area contributed by atoms with Gasteiger partial charge in [-0.05, 0) is 97.0 Å². The van der Waals surface area contributed by atoms with Crippen molar-refractivity contribution in [1.82, 2.24) is 20.0 Å². The van der Waals surface area contributed by atoms with Crippen LogP contribution in [0.5, 0.6) is 0 Å². The molecule has 4 rings (SSSR count). The minimum Gasteiger partial charge on any atom is -0.444 e. The summed E-state index contributed by atoms with van der Waals surface area (Å²) in [6.07, 6.45) is 3.98. The summed E-state index contributed by atoms with van der Waals surface area (Å²) in [6.45, 7) is 17.0. The standard InChI is InChI=1S/C28H45FN4O2/c1-21-20-32(28(5)11-15-31(16-12-28)26(34)35-27(2,3)4)17-18-33(21)25(22-9-13-30-14-10-22)23-7-6-8-24(29)19-23/h6-8,19,21-22,25,30H,9-18,20H2,1-5H3/t21?,25-/m1/s1. The fourth-order valence-corrected chi connectivity index (χ4v) is 6.27. The summed E-state index contributed by atoms with van der Waals surface area (Å²) in [5.41, 5.74) is 0.743. The Balaban J connectivity index is 1.42. The highest BCUT2D eigenvalue weighted by molar-refractivity contribution is 5.68. The first-order chi connectivity index (χ1) is 16.6. The van der Waals surface area contributed by atoms with E-state index in [1.54, 1.807) is 12.1 Å². The zero-order valence-electron chi connectivity index (χ0n) is 22.4. The number of benzene rings is 1. The predicted molar refractivity (Wildman–Crippen MR) is 138 cm³/mol. The number of hydrogen-bond donors (Lipinski definition) is 1. The molecule has 1 aromatic carbocycles. The van der Waals surface area contributed by atoms with Gasteiger partial charge in [0.25, 0.3) is 0 Å². The Morgan fingerprint density at radius 1 is 1.14 bits per heavy atom. The van der Waals surface area contributed by atoms with Gasteiger partial charge in [0.2, 0.25) is 0 Å². The number of ether oxygens (including phenoxy) is 1. The van der Waals surface area contributed by atoms with Gasteiger partial charge < -0.3 is 15.0 Å². The number of nitrogens with zero attached hydrogens (tertiary/aromatic N) is 3. The molecule has 0 saturated carbocycles. The van der Waals surface area contributed by atoms with E-state index < -0.39 is 5.60 Å². The molecule has 0 aromatic heterocycles. The van der Waals surface area contributed by atoms with Crippen molar-refractivity contribution in [2.45, 2.75) is 83.5 Å². The zero-order chi connectivity index (χ0) is 25.2. The van der Waals surface area contributed by atoms with Crippen LogP contribution in [0.3, 0.4) is 0 Å². The molecule has 1 N–H and O–H groups in total. The molecule has 3 aliphatic heterocycles. The minimum atomic E-state index is -0.462. The van der Waals surface area contributed by atoms with Crippen molar-refractivity contribution in [2.24, 2.45) is 5.92 Å². The van der Waals surface area contributed by atoms with E-state index in [1.165, 1.54) is 0 Å². The smallest absolute Gasteiger partial charge is 0.410 e. The second kappa shape index (κ2) is 10.7. The first-order valence-electron chi connectivity index (χ1n) is 13.5. The predicted octanol–water partition coefficient (Wildman–Crippen LogP) is 4.66. The van der Waals surface area contributed by atoms with Gasteiger partial charge in [-0.2, -0.15) is 0 Å². The molecule has 1 amide bonds. The summed E-state index contributed by atoms with van der Waals surface area (Å²) in [5, 5.41) is 3.49. The van der Waals surface area contributed by atoms with Crippen LogP contribution in [0, 0.1) is 11.7 Å². The monoisotopic (exact) mass is 488 g/mol. The van der Waals surface area contributed by atoms with E-state index in [9.17, 15) is 9.18 Å². The van der Waals surface area contributed by atoms with Crippen LogP contribution < -0.4 is 5.32 Å². The second-order valence-corrected chi connectivity index (χ2v) is 12.1. The largest absolute Gasteiger partial charge is 0.444 e. The lowest BCUT2D eigenvalue weighted by Gasteiger charge is -2.53. The minimum absolute atomic E-state index is 0.0853. The Labute approximate surface area is 211 Å². The van der Waals surface area contributed by atoms with E-state index in [1.807, 2.05) is 31.7 Å². The third kappa shape index (κ3) is 6.36. The van der Waals surface area contributed by atoms with Gasteiger partial charge in [-0.25, -0.2) is 9.18 Å². The highest BCUT2D eigenvalue weighted by atomic mass is 19.1. The molecule has 1 unspecified atom stereocenters. The van der Waals surface area contributed by atoms with Gasteiger partial charge in [-0.1, -0.05) is 12.1 Å². The van der Waals surface area contributed by atoms with Gasteiger partial charge in [0.05, 0.1) is 0 Å². The number of carbonyl (C=O) groups excluding carboxylic acids is 1. The molecule has 0 radical (unpaired) electrons. The third-order valence-electron chi connectivity index (χ3n) is 8.31. The molecule has 3 aliphatic rings. The van der Waals surface area contributed by atoms with E-state index in [0.29, 0.717) is 12.0 Å². The van der Waals surface area contributed by atoms with Crippen LogP contribution in [-0.4, -0.2) is 83.8 Å². The van der Waals surface area contributed by atoms with Crippen LogP contribution in [0.4, 0.5) is 9.18 Å². The van der Waals surface area contributed by atoms with Crippen molar-refractivity contribution >= 4 is 6.09 Å². The van der Waals surface area contributed by atoms with Crippen molar-refractivity contribution in [3.05, 3.63) is 35.6 Å². The van der Waals surface area contributed by atoms with Crippen LogP contribution in [0.2, 0.25) is 0 Å². The lowest BCUT2D eigenvalue weighted by Crippen LogP contribution is -2.63. The highest BCUT2D eigenvalue weighted by Crippen LogP contribution is 2.39. The van der Waals surface area contributed by atoms with Gasteiger partial charge in [0, 0.05) is 50.3 Å². The fraction of sp³-hybridized carbons (Fsp3) is 0.750. The molecule has 0 aliphatic carbocycles. The van der Waals surface area contributed by atoms with Gasteiger partial charge in [0.15, 0.2) is 0 Å². The molecular weight excluding hydrogens is 443 g/mol. The summed E-state index contributed by atoms with van der Waals surface area (Å²) >= 11 is 0. The molecule has 1 aromatic rings. The Kier molecular flexibility index (Phi) is 8.08. The normalized spacial score (nSPS) is 25.9. The molecule has 3 fully saturated rings. The van der Waals surface area contributed by atoms with Crippen LogP contribution in [0.15, 0.2) is 24.3 Å². The molecular formula is C28H45FN4O2. The number of amides is 1. The number of nitrogens with one attached hydrogen (secondary N) is 1. The molecule has 6 nitrogen and oxygen atoms in total. The molecule has 3 heterocycles. The fourth-order valence-electron chi connectivity index (χ4n) is 6.27. The Hall–Kier alpha value is -1.70. The van der Waals surface area contributed by atoms with Crippen molar-refractivity contribution in [1.29, 1.82) is 0 Å². The van der Waals surface area contributed by atoms with Crippen molar-refractivity contribution < 1.29 is 13.9 Å². The maximum atomic E-state index is 14.2. The number of rotatable bonds is 4. The molecule has 196 valence electrons. The van der Waals surface area contributed by atoms with E-state index in [4.69, 9.17) is 4.74 Å². The summed E-state index contributed by atoms with van der Waals surface area (Å²) < 4.78 is 19.8. The SMILES string of the molecule is CC1CN(C2(C)CCN(C(=O)OC(C)(C)C)CC2)CCN1[C@@H](c1cccc(F)c1)C1CCNCC1. The number of carbonyl (C=O) groups is 1. The van der Waals surface area contributed by atoms with Gasteiger partial charge >= 0.3 is 6.09 Å². The molecule has 35 heavy (non-hydrogen) atoms. The van der Waals surface area contributed by atoms with Gasteiger partial charge in [-0.15, -0.1) is 0 Å². The highest BCUT2D eigenvalue weighted by Gasteiger charge is 2.42. The van der Waals surface area contributed by atoms with Crippen molar-refractivity contribution in [2.75, 3.05) is 45.8 Å². The van der Waals surface area contributed by atoms with E-state index >= 15 is 0 Å². The van der Waals surface area contributed by atoms with Crippen LogP contribution in [0.1, 0.15) is 71.9 Å².